The van der Waals surface area contributed by atoms with E-state index in [0.717, 1.165) is 17.1 Å². The van der Waals surface area contributed by atoms with Gasteiger partial charge in [0.25, 0.3) is 0 Å². The second-order valence-corrected chi connectivity index (χ2v) is 6.78. The average Bonchev–Trinajstić information content (AvgIpc) is 3.27. The maximum Gasteiger partial charge on any atom is 0.335 e. The van der Waals surface area contributed by atoms with Crippen LogP contribution in [0.1, 0.15) is 33.8 Å². The van der Waals surface area contributed by atoms with Gasteiger partial charge in [0.05, 0.1) is 23.3 Å². The fourth-order valence-corrected chi connectivity index (χ4v) is 3.73. The Kier molecular flexibility index (Phi) is 4.37. The van der Waals surface area contributed by atoms with Crippen LogP contribution in [0.5, 0.6) is 0 Å². The van der Waals surface area contributed by atoms with E-state index in [0.29, 0.717) is 5.11 Å². The molecule has 2 atom stereocenters. The predicted octanol–water partition coefficient (Wildman–Crippen LogP) is 3.17. The quantitative estimate of drug-likeness (QED) is 0.680. The van der Waals surface area contributed by atoms with E-state index in [4.69, 9.17) is 12.2 Å². The van der Waals surface area contributed by atoms with Crippen LogP contribution in [0.15, 0.2) is 67.0 Å². The second kappa shape index (κ2) is 6.85. The molecule has 0 radical (unpaired) electrons. The molecule has 2 N–H and O–H groups in total. The molecule has 1 aliphatic rings. The Morgan fingerprint density at radius 1 is 1.19 bits per heavy atom. The highest BCUT2D eigenvalue weighted by molar-refractivity contribution is 7.80. The molecule has 1 saturated heterocycles. The summed E-state index contributed by atoms with van der Waals surface area (Å²) in [5.74, 6) is -0.947. The lowest BCUT2D eigenvalue weighted by atomic mass is 10.0. The number of carboxylic acids is 1. The molecule has 0 bridgehead atoms. The molecule has 6 nitrogen and oxygen atoms in total. The third kappa shape index (κ3) is 3.06. The van der Waals surface area contributed by atoms with Crippen molar-refractivity contribution in [3.05, 3.63) is 83.9 Å². The summed E-state index contributed by atoms with van der Waals surface area (Å²) in [6.07, 6.45) is 3.70. The maximum atomic E-state index is 11.3. The maximum absolute atomic E-state index is 11.3. The van der Waals surface area contributed by atoms with Gasteiger partial charge < -0.3 is 19.9 Å². The smallest absolute Gasteiger partial charge is 0.335 e. The minimum Gasteiger partial charge on any atom is -0.478 e. The summed E-state index contributed by atoms with van der Waals surface area (Å²) in [5.41, 5.74) is 2.95. The van der Waals surface area contributed by atoms with Crippen LogP contribution in [0.3, 0.4) is 0 Å². The molecule has 3 aromatic rings. The first-order chi connectivity index (χ1) is 13.1. The largest absolute Gasteiger partial charge is 0.478 e. The zero-order valence-electron chi connectivity index (χ0n) is 14.6. The van der Waals surface area contributed by atoms with Crippen LogP contribution in [0.4, 0.5) is 0 Å². The lowest BCUT2D eigenvalue weighted by molar-refractivity contribution is 0.0697. The number of thiocarbonyl (C=S) groups is 1. The van der Waals surface area contributed by atoms with Crippen LogP contribution in [0, 0.1) is 0 Å². The van der Waals surface area contributed by atoms with E-state index in [1.165, 1.54) is 0 Å². The number of rotatable bonds is 4. The number of carboxylic acid groups (broad SMARTS) is 1. The fourth-order valence-electron chi connectivity index (χ4n) is 3.49. The lowest BCUT2D eigenvalue weighted by Gasteiger charge is -2.25. The lowest BCUT2D eigenvalue weighted by Crippen LogP contribution is -2.25. The number of aromatic nitrogens is 2. The molecular formula is C20H18N4O2S. The van der Waals surface area contributed by atoms with Gasteiger partial charge >= 0.3 is 5.97 Å². The number of benzene rings is 1. The molecule has 27 heavy (non-hydrogen) atoms. The minimum absolute atomic E-state index is 0.0733. The SMILES string of the molecule is CN1C(=S)NC(c2ccccn2)C1c1cccn1-c1cccc(C(=O)O)c1. The molecule has 7 heteroatoms. The van der Waals surface area contributed by atoms with Gasteiger partial charge in [-0.2, -0.15) is 0 Å². The molecule has 2 unspecified atom stereocenters. The molecule has 4 rings (SSSR count). The van der Waals surface area contributed by atoms with Crippen molar-refractivity contribution >= 4 is 23.3 Å². The third-order valence-electron chi connectivity index (χ3n) is 4.79. The molecule has 1 aliphatic heterocycles. The van der Waals surface area contributed by atoms with E-state index in [2.05, 4.69) is 10.3 Å². The highest BCUT2D eigenvalue weighted by Gasteiger charge is 2.39. The van der Waals surface area contributed by atoms with Gasteiger partial charge in [-0.3, -0.25) is 4.98 Å². The first-order valence-corrected chi connectivity index (χ1v) is 8.92. The normalized spacial score (nSPS) is 19.1. The van der Waals surface area contributed by atoms with Crippen LogP contribution in [-0.4, -0.2) is 37.7 Å². The first-order valence-electron chi connectivity index (χ1n) is 8.51. The Bertz CT molecular complexity index is 1000. The molecule has 1 aromatic carbocycles. The first kappa shape index (κ1) is 17.2. The van der Waals surface area contributed by atoms with Crippen molar-refractivity contribution in [2.24, 2.45) is 0 Å². The van der Waals surface area contributed by atoms with Crippen LogP contribution in [0.25, 0.3) is 5.69 Å². The number of hydrogen-bond donors (Lipinski definition) is 2. The molecule has 0 amide bonds. The summed E-state index contributed by atoms with van der Waals surface area (Å²) in [6, 6.07) is 16.5. The number of likely N-dealkylation sites (N-methyl/N-ethyl adjacent to an activating group) is 1. The van der Waals surface area contributed by atoms with E-state index < -0.39 is 5.97 Å². The van der Waals surface area contributed by atoms with Crippen molar-refractivity contribution < 1.29 is 9.90 Å². The molecule has 136 valence electrons. The summed E-state index contributed by atoms with van der Waals surface area (Å²) in [4.78, 5) is 17.9. The molecule has 1 fully saturated rings. The van der Waals surface area contributed by atoms with E-state index >= 15 is 0 Å². The average molecular weight is 378 g/mol. The number of pyridine rings is 1. The van der Waals surface area contributed by atoms with Gasteiger partial charge in [-0.1, -0.05) is 12.1 Å². The topological polar surface area (TPSA) is 70.4 Å². The highest BCUT2D eigenvalue weighted by atomic mass is 32.1. The second-order valence-electron chi connectivity index (χ2n) is 6.40. The van der Waals surface area contributed by atoms with Crippen molar-refractivity contribution in [3.8, 4) is 5.69 Å². The molecule has 3 heterocycles. The van der Waals surface area contributed by atoms with E-state index in [1.54, 1.807) is 24.4 Å². The molecule has 0 saturated carbocycles. The summed E-state index contributed by atoms with van der Waals surface area (Å²) < 4.78 is 2.00. The summed E-state index contributed by atoms with van der Waals surface area (Å²) >= 11 is 5.48. The van der Waals surface area contributed by atoms with Crippen LogP contribution in [0.2, 0.25) is 0 Å². The van der Waals surface area contributed by atoms with Crippen molar-refractivity contribution in [2.75, 3.05) is 7.05 Å². The molecular weight excluding hydrogens is 360 g/mol. The summed E-state index contributed by atoms with van der Waals surface area (Å²) in [6.45, 7) is 0. The predicted molar refractivity (Wildman–Crippen MR) is 106 cm³/mol. The van der Waals surface area contributed by atoms with Gasteiger partial charge in [0, 0.05) is 30.8 Å². The Balaban J connectivity index is 1.79. The van der Waals surface area contributed by atoms with Gasteiger partial charge in [-0.25, -0.2) is 4.79 Å². The Hall–Kier alpha value is -3.19. The number of hydrogen-bond acceptors (Lipinski definition) is 3. The van der Waals surface area contributed by atoms with Gasteiger partial charge in [0.2, 0.25) is 0 Å². The molecule has 2 aromatic heterocycles. The van der Waals surface area contributed by atoms with Crippen molar-refractivity contribution in [1.82, 2.24) is 19.8 Å². The van der Waals surface area contributed by atoms with Crippen LogP contribution < -0.4 is 5.32 Å². The highest BCUT2D eigenvalue weighted by Crippen LogP contribution is 2.38. The minimum atomic E-state index is -0.947. The fraction of sp³-hybridized carbons (Fsp3) is 0.150. The molecule has 0 spiro atoms. The van der Waals surface area contributed by atoms with Gasteiger partial charge in [0.1, 0.15) is 0 Å². The number of aromatic carboxylic acids is 1. The standard InChI is InChI=1S/C20H18N4O2S/c1-23-18(17(22-20(23)27)15-8-2-3-10-21-15)16-9-5-11-24(16)14-7-4-6-13(12-14)19(25)26/h2-12,17-18H,1H3,(H,22,27)(H,25,26). The summed E-state index contributed by atoms with van der Waals surface area (Å²) in [5, 5.41) is 13.3. The van der Waals surface area contributed by atoms with E-state index in [9.17, 15) is 9.90 Å². The zero-order valence-corrected chi connectivity index (χ0v) is 15.4. The van der Waals surface area contributed by atoms with Gasteiger partial charge in [-0.15, -0.1) is 0 Å². The molecule has 0 aliphatic carbocycles. The van der Waals surface area contributed by atoms with Crippen molar-refractivity contribution in [3.63, 3.8) is 0 Å². The van der Waals surface area contributed by atoms with Crippen LogP contribution in [-0.2, 0) is 0 Å². The van der Waals surface area contributed by atoms with E-state index in [1.807, 2.05) is 59.1 Å². The third-order valence-corrected chi connectivity index (χ3v) is 5.20. The van der Waals surface area contributed by atoms with Gasteiger partial charge in [0.15, 0.2) is 5.11 Å². The summed E-state index contributed by atoms with van der Waals surface area (Å²) in [7, 11) is 1.95. The van der Waals surface area contributed by atoms with Gasteiger partial charge in [-0.05, 0) is 54.7 Å². The van der Waals surface area contributed by atoms with E-state index in [-0.39, 0.29) is 17.6 Å². The number of nitrogens with one attached hydrogen (secondary N) is 1. The Labute approximate surface area is 162 Å². The van der Waals surface area contributed by atoms with Crippen LogP contribution >= 0.6 is 12.2 Å². The number of nitrogens with zero attached hydrogens (tertiary/aromatic N) is 3. The van der Waals surface area contributed by atoms with Crippen molar-refractivity contribution in [2.45, 2.75) is 12.1 Å². The Morgan fingerprint density at radius 2 is 2.04 bits per heavy atom. The zero-order chi connectivity index (χ0) is 19.0. The monoisotopic (exact) mass is 378 g/mol. The Morgan fingerprint density at radius 3 is 2.78 bits per heavy atom. The number of carbonyl (C=O) groups is 1. The van der Waals surface area contributed by atoms with Crippen molar-refractivity contribution in [1.29, 1.82) is 0 Å².